The minimum absolute atomic E-state index is 0.0404. The van der Waals surface area contributed by atoms with E-state index in [-0.39, 0.29) is 29.6 Å². The highest BCUT2D eigenvalue weighted by Crippen LogP contribution is 2.39. The topological polar surface area (TPSA) is 100 Å². The number of hydrogen-bond donors (Lipinski definition) is 1. The average molecular weight is 469 g/mol. The van der Waals surface area contributed by atoms with Gasteiger partial charge < -0.3 is 10.2 Å². The van der Waals surface area contributed by atoms with Crippen LogP contribution in [0.25, 0.3) is 0 Å². The maximum atomic E-state index is 13.7. The molecule has 2 saturated heterocycles. The number of halogens is 1. The highest BCUT2D eigenvalue weighted by molar-refractivity contribution is 6.07. The van der Waals surface area contributed by atoms with Crippen molar-refractivity contribution in [2.75, 3.05) is 19.6 Å². The standard InChI is InChI=1S/C24H29FN6O3/c25-20-5-3-17(4-6-20)13-24(22(33)31(23(34)28-24)14-18-1-2-18)19-7-10-29(11-8-19)21(32)9-12-30-16-26-15-27-30/h3-6,15-16,18-19H,1-2,7-14H2,(H,28,34). The fourth-order valence-corrected chi connectivity index (χ4v) is 5.17. The Bertz CT molecular complexity index is 1050. The molecule has 9 nitrogen and oxygen atoms in total. The van der Waals surface area contributed by atoms with Crippen LogP contribution in [0.4, 0.5) is 9.18 Å². The molecule has 34 heavy (non-hydrogen) atoms. The van der Waals surface area contributed by atoms with Gasteiger partial charge >= 0.3 is 6.03 Å². The highest BCUT2D eigenvalue weighted by atomic mass is 19.1. The van der Waals surface area contributed by atoms with Crippen LogP contribution in [0.2, 0.25) is 0 Å². The summed E-state index contributed by atoms with van der Waals surface area (Å²) in [6, 6.07) is 5.75. The zero-order valence-corrected chi connectivity index (χ0v) is 19.0. The summed E-state index contributed by atoms with van der Waals surface area (Å²) in [4.78, 5) is 46.4. The molecule has 0 radical (unpaired) electrons. The maximum Gasteiger partial charge on any atom is 0.325 e. The molecule has 1 unspecified atom stereocenters. The Hall–Kier alpha value is -3.30. The Balaban J connectivity index is 1.30. The van der Waals surface area contributed by atoms with E-state index in [0.717, 1.165) is 18.4 Å². The van der Waals surface area contributed by atoms with Gasteiger partial charge in [-0.3, -0.25) is 19.2 Å². The molecule has 3 fully saturated rings. The van der Waals surface area contributed by atoms with E-state index in [1.807, 2.05) is 4.90 Å². The number of carbonyl (C=O) groups is 3. The number of amides is 4. The van der Waals surface area contributed by atoms with Gasteiger partial charge in [0.05, 0.1) is 6.54 Å². The van der Waals surface area contributed by atoms with E-state index < -0.39 is 5.54 Å². The van der Waals surface area contributed by atoms with Crippen LogP contribution in [-0.2, 0) is 22.6 Å². The third-order valence-corrected chi connectivity index (χ3v) is 7.30. The predicted molar refractivity (Wildman–Crippen MR) is 120 cm³/mol. The van der Waals surface area contributed by atoms with Gasteiger partial charge in [-0.25, -0.2) is 14.2 Å². The minimum Gasteiger partial charge on any atom is -0.343 e. The molecule has 0 spiro atoms. The maximum absolute atomic E-state index is 13.7. The summed E-state index contributed by atoms with van der Waals surface area (Å²) < 4.78 is 15.1. The van der Waals surface area contributed by atoms with Crippen LogP contribution in [0.5, 0.6) is 0 Å². The van der Waals surface area contributed by atoms with Crippen molar-refractivity contribution in [1.82, 2.24) is 29.9 Å². The molecule has 10 heteroatoms. The van der Waals surface area contributed by atoms with E-state index in [2.05, 4.69) is 15.4 Å². The Morgan fingerprint density at radius 3 is 2.50 bits per heavy atom. The third kappa shape index (κ3) is 4.53. The van der Waals surface area contributed by atoms with E-state index in [9.17, 15) is 18.8 Å². The normalized spacial score (nSPS) is 23.4. The van der Waals surface area contributed by atoms with Gasteiger partial charge in [-0.2, -0.15) is 5.10 Å². The summed E-state index contributed by atoms with van der Waals surface area (Å²) in [5.41, 5.74) is -0.269. The van der Waals surface area contributed by atoms with Crippen molar-refractivity contribution in [1.29, 1.82) is 0 Å². The first-order valence-corrected chi connectivity index (χ1v) is 11.9. The van der Waals surface area contributed by atoms with E-state index in [4.69, 9.17) is 0 Å². The van der Waals surface area contributed by atoms with Gasteiger partial charge in [-0.15, -0.1) is 0 Å². The first-order chi connectivity index (χ1) is 16.4. The second-order valence-electron chi connectivity index (χ2n) is 9.63. The minimum atomic E-state index is -1.07. The average Bonchev–Trinajstić information content (AvgIpc) is 3.45. The van der Waals surface area contributed by atoms with Crippen molar-refractivity contribution < 1.29 is 18.8 Å². The Kier molecular flexibility index (Phi) is 6.05. The Labute approximate surface area is 197 Å². The zero-order valence-electron chi connectivity index (χ0n) is 19.0. The molecule has 4 amide bonds. The molecule has 0 bridgehead atoms. The number of aryl methyl sites for hydroxylation is 1. The molecule has 1 aliphatic carbocycles. The largest absolute Gasteiger partial charge is 0.343 e. The molecule has 5 rings (SSSR count). The third-order valence-electron chi connectivity index (χ3n) is 7.30. The second kappa shape index (κ2) is 9.15. The van der Waals surface area contributed by atoms with Crippen molar-refractivity contribution >= 4 is 17.8 Å². The first-order valence-electron chi connectivity index (χ1n) is 11.9. The summed E-state index contributed by atoms with van der Waals surface area (Å²) in [7, 11) is 0. The molecular weight excluding hydrogens is 439 g/mol. The fourth-order valence-electron chi connectivity index (χ4n) is 5.17. The molecule has 1 aromatic heterocycles. The molecule has 2 aliphatic heterocycles. The molecule has 3 aliphatic rings. The second-order valence-corrected chi connectivity index (χ2v) is 9.63. The number of benzene rings is 1. The molecule has 2 aromatic rings. The van der Waals surface area contributed by atoms with Crippen LogP contribution in [0.15, 0.2) is 36.9 Å². The van der Waals surface area contributed by atoms with Crippen LogP contribution < -0.4 is 5.32 Å². The number of nitrogens with one attached hydrogen (secondary N) is 1. The molecule has 1 saturated carbocycles. The summed E-state index contributed by atoms with van der Waals surface area (Å²) in [6.45, 7) is 1.98. The summed E-state index contributed by atoms with van der Waals surface area (Å²) in [5, 5.41) is 7.07. The van der Waals surface area contributed by atoms with Crippen molar-refractivity contribution in [2.45, 2.75) is 50.6 Å². The Morgan fingerprint density at radius 1 is 1.12 bits per heavy atom. The summed E-state index contributed by atoms with van der Waals surface area (Å²) >= 11 is 0. The molecule has 3 heterocycles. The van der Waals surface area contributed by atoms with Gasteiger partial charge in [-0.05, 0) is 55.2 Å². The van der Waals surface area contributed by atoms with E-state index in [1.54, 1.807) is 23.1 Å². The number of nitrogens with zero attached hydrogens (tertiary/aromatic N) is 5. The lowest BCUT2D eigenvalue weighted by molar-refractivity contribution is -0.136. The number of rotatable bonds is 8. The molecular formula is C24H29FN6O3. The van der Waals surface area contributed by atoms with Crippen molar-refractivity contribution in [3.05, 3.63) is 48.3 Å². The van der Waals surface area contributed by atoms with Gasteiger partial charge in [0.1, 0.15) is 24.0 Å². The molecule has 180 valence electrons. The van der Waals surface area contributed by atoms with Gasteiger partial charge in [-0.1, -0.05) is 12.1 Å². The smallest absolute Gasteiger partial charge is 0.325 e. The predicted octanol–water partition coefficient (Wildman–Crippen LogP) is 1.99. The summed E-state index contributed by atoms with van der Waals surface area (Å²) in [5.74, 6) is -0.214. The monoisotopic (exact) mass is 468 g/mol. The van der Waals surface area contributed by atoms with Crippen LogP contribution in [0.3, 0.4) is 0 Å². The van der Waals surface area contributed by atoms with Crippen LogP contribution in [-0.4, -0.2) is 67.6 Å². The first kappa shape index (κ1) is 22.5. The lowest BCUT2D eigenvalue weighted by Crippen LogP contribution is -2.58. The molecule has 1 aromatic carbocycles. The van der Waals surface area contributed by atoms with E-state index in [0.29, 0.717) is 57.8 Å². The fraction of sp³-hybridized carbons (Fsp3) is 0.542. The van der Waals surface area contributed by atoms with Crippen molar-refractivity contribution in [2.24, 2.45) is 11.8 Å². The highest BCUT2D eigenvalue weighted by Gasteiger charge is 2.56. The number of likely N-dealkylation sites (tertiary alicyclic amines) is 1. The van der Waals surface area contributed by atoms with Crippen LogP contribution >= 0.6 is 0 Å². The number of carbonyl (C=O) groups excluding carboxylic acids is 3. The van der Waals surface area contributed by atoms with Gasteiger partial charge in [0, 0.05) is 32.5 Å². The molecule has 1 N–H and O–H groups in total. The van der Waals surface area contributed by atoms with Gasteiger partial charge in [0.15, 0.2) is 0 Å². The lowest BCUT2D eigenvalue weighted by Gasteiger charge is -2.41. The molecule has 1 atom stereocenters. The quantitative estimate of drug-likeness (QED) is 0.598. The number of piperidine rings is 1. The van der Waals surface area contributed by atoms with Crippen LogP contribution in [0, 0.1) is 17.7 Å². The van der Waals surface area contributed by atoms with Crippen LogP contribution in [0.1, 0.15) is 37.7 Å². The number of aromatic nitrogens is 3. The number of urea groups is 1. The van der Waals surface area contributed by atoms with Crippen molar-refractivity contribution in [3.8, 4) is 0 Å². The van der Waals surface area contributed by atoms with Crippen molar-refractivity contribution in [3.63, 3.8) is 0 Å². The van der Waals surface area contributed by atoms with E-state index >= 15 is 0 Å². The summed E-state index contributed by atoms with van der Waals surface area (Å²) in [6.07, 6.45) is 6.97. The number of hydrogen-bond acceptors (Lipinski definition) is 5. The van der Waals surface area contributed by atoms with E-state index in [1.165, 1.54) is 23.4 Å². The van der Waals surface area contributed by atoms with Gasteiger partial charge in [0.25, 0.3) is 5.91 Å². The number of imide groups is 1. The SMILES string of the molecule is O=C(CCn1cncn1)N1CCC(C2(Cc3ccc(F)cc3)NC(=O)N(CC3CC3)C2=O)CC1. The lowest BCUT2D eigenvalue weighted by atomic mass is 9.74. The zero-order chi connectivity index (χ0) is 23.7. The van der Waals surface area contributed by atoms with Gasteiger partial charge in [0.2, 0.25) is 5.91 Å². The Morgan fingerprint density at radius 2 is 1.85 bits per heavy atom.